The van der Waals surface area contributed by atoms with Crippen LogP contribution in [0.3, 0.4) is 0 Å². The topological polar surface area (TPSA) is 71.5 Å². The summed E-state index contributed by atoms with van der Waals surface area (Å²) in [4.78, 5) is 30.8. The van der Waals surface area contributed by atoms with E-state index in [1.807, 2.05) is 37.1 Å². The normalized spacial score (nSPS) is 14.5. The maximum absolute atomic E-state index is 13.2. The van der Waals surface area contributed by atoms with Gasteiger partial charge in [-0.3, -0.25) is 14.7 Å². The van der Waals surface area contributed by atoms with Gasteiger partial charge in [0.15, 0.2) is 5.16 Å². The van der Waals surface area contributed by atoms with Crippen molar-refractivity contribution in [2.24, 2.45) is 0 Å². The van der Waals surface area contributed by atoms with Gasteiger partial charge in [-0.05, 0) is 56.2 Å². The summed E-state index contributed by atoms with van der Waals surface area (Å²) in [7, 11) is 0. The summed E-state index contributed by atoms with van der Waals surface area (Å²) in [6.45, 7) is 9.92. The lowest BCUT2D eigenvalue weighted by atomic mass is 10.1. The van der Waals surface area contributed by atoms with Crippen LogP contribution >= 0.6 is 11.8 Å². The molecular formula is C23H33N5O2S. The molecule has 0 bridgehead atoms. The second kappa shape index (κ2) is 12.1. The molecule has 0 aromatic carbocycles. The van der Waals surface area contributed by atoms with E-state index in [1.54, 1.807) is 24.2 Å². The highest BCUT2D eigenvalue weighted by Gasteiger charge is 2.17. The molecule has 0 radical (unpaired) electrons. The lowest BCUT2D eigenvalue weighted by Gasteiger charge is -2.28. The number of carbonyl (C=O) groups is 1. The van der Waals surface area contributed by atoms with Crippen molar-refractivity contribution in [3.05, 3.63) is 47.0 Å². The minimum atomic E-state index is 0.173. The molecule has 1 aliphatic rings. The van der Waals surface area contributed by atoms with Gasteiger partial charge in [-0.15, -0.1) is 0 Å². The van der Waals surface area contributed by atoms with Crippen LogP contribution in [0.25, 0.3) is 0 Å². The van der Waals surface area contributed by atoms with E-state index in [4.69, 9.17) is 4.74 Å². The van der Waals surface area contributed by atoms with Crippen molar-refractivity contribution < 1.29 is 9.53 Å². The second-order valence-corrected chi connectivity index (χ2v) is 8.61. The number of morpholine rings is 1. The van der Waals surface area contributed by atoms with Crippen LogP contribution < -0.4 is 0 Å². The number of hydrogen-bond acceptors (Lipinski definition) is 7. The highest BCUT2D eigenvalue weighted by atomic mass is 32.2. The summed E-state index contributed by atoms with van der Waals surface area (Å²) in [5.41, 5.74) is 4.13. The Balaban J connectivity index is 1.61. The first kappa shape index (κ1) is 23.6. The van der Waals surface area contributed by atoms with Gasteiger partial charge in [-0.2, -0.15) is 0 Å². The van der Waals surface area contributed by atoms with Crippen LogP contribution in [0, 0.1) is 13.8 Å². The highest BCUT2D eigenvalue weighted by molar-refractivity contribution is 7.98. The van der Waals surface area contributed by atoms with E-state index >= 15 is 0 Å². The zero-order valence-corrected chi connectivity index (χ0v) is 19.7. The number of ether oxygens (including phenoxy) is 1. The predicted octanol–water partition coefficient (Wildman–Crippen LogP) is 2.89. The molecule has 7 nitrogen and oxygen atoms in total. The molecule has 2 aromatic heterocycles. The number of aryl methyl sites for hydroxylation is 2. The SMILES string of the molecule is CSc1nc(C)c(CCC(=O)N(CCCN2CCOCC2)Cc2ccncc2)c(C)n1. The van der Waals surface area contributed by atoms with Gasteiger partial charge in [-0.25, -0.2) is 9.97 Å². The molecule has 0 aliphatic carbocycles. The van der Waals surface area contributed by atoms with E-state index in [-0.39, 0.29) is 5.91 Å². The van der Waals surface area contributed by atoms with Crippen LogP contribution in [0.2, 0.25) is 0 Å². The zero-order valence-electron chi connectivity index (χ0n) is 18.8. The van der Waals surface area contributed by atoms with Gasteiger partial charge in [-0.1, -0.05) is 11.8 Å². The Kier molecular flexibility index (Phi) is 9.24. The summed E-state index contributed by atoms with van der Waals surface area (Å²) >= 11 is 1.54. The number of pyridine rings is 1. The monoisotopic (exact) mass is 443 g/mol. The van der Waals surface area contributed by atoms with Gasteiger partial charge < -0.3 is 9.64 Å². The van der Waals surface area contributed by atoms with Crippen LogP contribution in [0.1, 0.15) is 35.4 Å². The molecule has 0 spiro atoms. The summed E-state index contributed by atoms with van der Waals surface area (Å²) in [6.07, 6.45) is 7.63. The predicted molar refractivity (Wildman–Crippen MR) is 123 cm³/mol. The molecule has 0 saturated carbocycles. The molecule has 31 heavy (non-hydrogen) atoms. The number of carbonyl (C=O) groups excluding carboxylic acids is 1. The summed E-state index contributed by atoms with van der Waals surface area (Å²) in [5, 5.41) is 0.785. The fourth-order valence-corrected chi connectivity index (χ4v) is 4.32. The maximum atomic E-state index is 13.2. The second-order valence-electron chi connectivity index (χ2n) is 7.84. The van der Waals surface area contributed by atoms with Crippen molar-refractivity contribution in [3.8, 4) is 0 Å². The van der Waals surface area contributed by atoms with Gasteiger partial charge in [0.1, 0.15) is 0 Å². The lowest BCUT2D eigenvalue weighted by molar-refractivity contribution is -0.132. The molecule has 1 amide bonds. The number of rotatable bonds is 10. The van der Waals surface area contributed by atoms with Gasteiger partial charge in [0.25, 0.3) is 0 Å². The Morgan fingerprint density at radius 1 is 1.16 bits per heavy atom. The molecular weight excluding hydrogens is 410 g/mol. The smallest absolute Gasteiger partial charge is 0.223 e. The quantitative estimate of drug-likeness (QED) is 0.413. The fourth-order valence-electron chi connectivity index (χ4n) is 3.86. The highest BCUT2D eigenvalue weighted by Crippen LogP contribution is 2.18. The molecule has 1 aliphatic heterocycles. The number of hydrogen-bond donors (Lipinski definition) is 0. The Morgan fingerprint density at radius 3 is 2.48 bits per heavy atom. The van der Waals surface area contributed by atoms with E-state index < -0.39 is 0 Å². The minimum absolute atomic E-state index is 0.173. The van der Waals surface area contributed by atoms with Crippen molar-refractivity contribution in [2.45, 2.75) is 44.8 Å². The summed E-state index contributed by atoms with van der Waals surface area (Å²) in [6, 6.07) is 3.96. The maximum Gasteiger partial charge on any atom is 0.223 e. The molecule has 1 fully saturated rings. The van der Waals surface area contributed by atoms with Crippen molar-refractivity contribution >= 4 is 17.7 Å². The average molecular weight is 444 g/mol. The third-order valence-electron chi connectivity index (χ3n) is 5.65. The van der Waals surface area contributed by atoms with Crippen LogP contribution in [0.15, 0.2) is 29.7 Å². The number of nitrogens with zero attached hydrogens (tertiary/aromatic N) is 5. The molecule has 3 heterocycles. The molecule has 8 heteroatoms. The lowest BCUT2D eigenvalue weighted by Crippen LogP contribution is -2.39. The molecule has 2 aromatic rings. The summed E-state index contributed by atoms with van der Waals surface area (Å²) < 4.78 is 5.43. The number of thioether (sulfide) groups is 1. The van der Waals surface area contributed by atoms with Gasteiger partial charge in [0, 0.05) is 62.9 Å². The first-order chi connectivity index (χ1) is 15.1. The van der Waals surface area contributed by atoms with E-state index in [2.05, 4.69) is 19.9 Å². The molecule has 0 unspecified atom stereocenters. The van der Waals surface area contributed by atoms with Crippen LogP contribution in [0.5, 0.6) is 0 Å². The summed E-state index contributed by atoms with van der Waals surface area (Å²) in [5.74, 6) is 0.173. The third-order valence-corrected chi connectivity index (χ3v) is 6.20. The molecule has 0 atom stereocenters. The van der Waals surface area contributed by atoms with E-state index in [1.165, 1.54) is 0 Å². The van der Waals surface area contributed by atoms with Gasteiger partial charge >= 0.3 is 0 Å². The first-order valence-corrected chi connectivity index (χ1v) is 12.1. The number of aromatic nitrogens is 3. The zero-order chi connectivity index (χ0) is 22.1. The Bertz CT molecular complexity index is 820. The Morgan fingerprint density at radius 2 is 1.84 bits per heavy atom. The van der Waals surface area contributed by atoms with Crippen molar-refractivity contribution in [2.75, 3.05) is 45.6 Å². The average Bonchev–Trinajstić information content (AvgIpc) is 2.79. The van der Waals surface area contributed by atoms with E-state index in [0.29, 0.717) is 19.4 Å². The standard InChI is InChI=1S/C23H33N5O2S/c1-18-21(19(2)26-23(25-18)31-3)5-6-22(29)28(17-20-7-9-24-10-8-20)12-4-11-27-13-15-30-16-14-27/h7-10H,4-6,11-17H2,1-3H3. The third kappa shape index (κ3) is 7.26. The molecule has 1 saturated heterocycles. The van der Waals surface area contributed by atoms with Crippen LogP contribution in [-0.4, -0.2) is 76.3 Å². The fraction of sp³-hybridized carbons (Fsp3) is 0.565. The van der Waals surface area contributed by atoms with Crippen molar-refractivity contribution in [1.29, 1.82) is 0 Å². The van der Waals surface area contributed by atoms with E-state index in [9.17, 15) is 4.79 Å². The Labute approximate surface area is 189 Å². The van der Waals surface area contributed by atoms with Gasteiger partial charge in [0.05, 0.1) is 13.2 Å². The van der Waals surface area contributed by atoms with Crippen molar-refractivity contribution in [3.63, 3.8) is 0 Å². The number of amides is 1. The van der Waals surface area contributed by atoms with Crippen molar-refractivity contribution in [1.82, 2.24) is 24.8 Å². The van der Waals surface area contributed by atoms with Crippen LogP contribution in [-0.2, 0) is 22.5 Å². The van der Waals surface area contributed by atoms with Crippen LogP contribution in [0.4, 0.5) is 0 Å². The molecule has 3 rings (SSSR count). The largest absolute Gasteiger partial charge is 0.379 e. The van der Waals surface area contributed by atoms with E-state index in [0.717, 1.165) is 73.5 Å². The Hall–Kier alpha value is -2.03. The van der Waals surface area contributed by atoms with Gasteiger partial charge in [0.2, 0.25) is 5.91 Å². The first-order valence-electron chi connectivity index (χ1n) is 10.9. The molecule has 168 valence electrons. The minimum Gasteiger partial charge on any atom is -0.379 e. The molecule has 0 N–H and O–H groups in total.